The van der Waals surface area contributed by atoms with Gasteiger partial charge < -0.3 is 5.32 Å². The molecule has 1 aliphatic heterocycles. The third-order valence-electron chi connectivity index (χ3n) is 2.92. The van der Waals surface area contributed by atoms with E-state index in [1.165, 1.54) is 24.3 Å². The number of halogens is 1. The van der Waals surface area contributed by atoms with Gasteiger partial charge in [-0.1, -0.05) is 29.0 Å². The fourth-order valence-corrected chi connectivity index (χ4v) is 4.33. The molecule has 2 nitrogen and oxygen atoms in total. The smallest absolute Gasteiger partial charge is 0.184 e. The summed E-state index contributed by atoms with van der Waals surface area (Å²) in [6.45, 7) is 0. The highest BCUT2D eigenvalue weighted by atomic mass is 35.5. The van der Waals surface area contributed by atoms with Crippen molar-refractivity contribution < 1.29 is 0 Å². The monoisotopic (exact) mass is 284 g/mol. The van der Waals surface area contributed by atoms with Gasteiger partial charge in [-0.3, -0.25) is 0 Å². The maximum Gasteiger partial charge on any atom is 0.184 e. The Balaban J connectivity index is 1.83. The van der Waals surface area contributed by atoms with Gasteiger partial charge in [-0.15, -0.1) is 0 Å². The lowest BCUT2D eigenvalue weighted by atomic mass is 10.2. The third kappa shape index (κ3) is 2.54. The van der Waals surface area contributed by atoms with Crippen molar-refractivity contribution in [2.24, 2.45) is 0 Å². The molecule has 17 heavy (non-hydrogen) atoms. The van der Waals surface area contributed by atoms with Gasteiger partial charge in [0.05, 0.1) is 15.2 Å². The second-order valence-corrected chi connectivity index (χ2v) is 6.77. The van der Waals surface area contributed by atoms with Crippen LogP contribution in [0.15, 0.2) is 18.2 Å². The molecule has 0 saturated carbocycles. The number of nitrogens with zero attached hydrogens (tertiary/aromatic N) is 1. The average Bonchev–Trinajstić information content (AvgIpc) is 2.74. The van der Waals surface area contributed by atoms with E-state index in [0.29, 0.717) is 6.04 Å². The summed E-state index contributed by atoms with van der Waals surface area (Å²) in [6.07, 6.45) is 2.46. The number of thiazole rings is 1. The molecule has 1 N–H and O–H groups in total. The minimum Gasteiger partial charge on any atom is -0.359 e. The molecule has 3 rings (SSSR count). The van der Waals surface area contributed by atoms with Crippen molar-refractivity contribution in [2.75, 3.05) is 16.8 Å². The van der Waals surface area contributed by atoms with Gasteiger partial charge in [0.25, 0.3) is 0 Å². The predicted molar refractivity (Wildman–Crippen MR) is 78.6 cm³/mol. The second-order valence-electron chi connectivity index (χ2n) is 4.14. The number of anilines is 1. The van der Waals surface area contributed by atoms with Gasteiger partial charge in [0, 0.05) is 6.04 Å². The van der Waals surface area contributed by atoms with Crippen molar-refractivity contribution in [3.8, 4) is 0 Å². The van der Waals surface area contributed by atoms with Crippen LogP contribution in [0.3, 0.4) is 0 Å². The molecule has 0 spiro atoms. The van der Waals surface area contributed by atoms with E-state index in [9.17, 15) is 0 Å². The zero-order chi connectivity index (χ0) is 11.7. The topological polar surface area (TPSA) is 24.9 Å². The first-order valence-electron chi connectivity index (χ1n) is 5.72. The van der Waals surface area contributed by atoms with Crippen LogP contribution in [0, 0.1) is 0 Å². The molecule has 2 heterocycles. The number of rotatable bonds is 2. The van der Waals surface area contributed by atoms with Gasteiger partial charge in [0.15, 0.2) is 5.13 Å². The second kappa shape index (κ2) is 5.04. The summed E-state index contributed by atoms with van der Waals surface area (Å²) >= 11 is 9.85. The first kappa shape index (κ1) is 11.6. The van der Waals surface area contributed by atoms with E-state index in [2.05, 4.69) is 10.3 Å². The molecule has 1 aliphatic rings. The molecular formula is C12H13ClN2S2. The van der Waals surface area contributed by atoms with Crippen molar-refractivity contribution in [1.82, 2.24) is 4.98 Å². The third-order valence-corrected chi connectivity index (χ3v) is 5.43. The van der Waals surface area contributed by atoms with Crippen LogP contribution in [0.2, 0.25) is 5.02 Å². The van der Waals surface area contributed by atoms with Gasteiger partial charge in [-0.25, -0.2) is 4.98 Å². The Kier molecular flexibility index (Phi) is 3.45. The summed E-state index contributed by atoms with van der Waals surface area (Å²) in [5, 5.41) is 5.34. The fourth-order valence-electron chi connectivity index (χ4n) is 1.99. The molecule has 1 aromatic carbocycles. The minimum absolute atomic E-state index is 0.579. The lowest BCUT2D eigenvalue weighted by molar-refractivity contribution is 0.666. The Hall–Kier alpha value is -0.450. The highest BCUT2D eigenvalue weighted by Gasteiger charge is 2.15. The van der Waals surface area contributed by atoms with Gasteiger partial charge in [-0.05, 0) is 36.5 Å². The maximum absolute atomic E-state index is 6.15. The molecule has 1 aromatic heterocycles. The standard InChI is InChI=1S/C12H13ClN2S2/c13-9-2-1-3-10-11(9)17-12(15-10)14-8-4-6-16-7-5-8/h1-3,8H,4-7H2,(H,14,15). The van der Waals surface area contributed by atoms with Crippen LogP contribution in [0.5, 0.6) is 0 Å². The van der Waals surface area contributed by atoms with E-state index in [-0.39, 0.29) is 0 Å². The van der Waals surface area contributed by atoms with Crippen LogP contribution in [-0.2, 0) is 0 Å². The van der Waals surface area contributed by atoms with Gasteiger partial charge in [0.1, 0.15) is 0 Å². The fraction of sp³-hybridized carbons (Fsp3) is 0.417. The van der Waals surface area contributed by atoms with Crippen LogP contribution >= 0.6 is 34.7 Å². The van der Waals surface area contributed by atoms with Crippen LogP contribution in [0.25, 0.3) is 10.2 Å². The Morgan fingerprint density at radius 2 is 2.12 bits per heavy atom. The minimum atomic E-state index is 0.579. The summed E-state index contributed by atoms with van der Waals surface area (Å²) in [5.74, 6) is 2.51. The van der Waals surface area contributed by atoms with Gasteiger partial charge >= 0.3 is 0 Å². The highest BCUT2D eigenvalue weighted by Crippen LogP contribution is 2.33. The van der Waals surface area contributed by atoms with E-state index in [0.717, 1.165) is 20.4 Å². The molecule has 2 aromatic rings. The Bertz CT molecular complexity index is 520. The number of hydrogen-bond acceptors (Lipinski definition) is 4. The molecule has 0 amide bonds. The van der Waals surface area contributed by atoms with E-state index < -0.39 is 0 Å². The number of fused-ring (bicyclic) bond motifs is 1. The molecule has 0 aliphatic carbocycles. The van der Waals surface area contributed by atoms with Crippen molar-refractivity contribution in [3.05, 3.63) is 23.2 Å². The predicted octanol–water partition coefficient (Wildman–Crippen LogP) is 4.26. The lowest BCUT2D eigenvalue weighted by Gasteiger charge is -2.21. The molecule has 0 radical (unpaired) electrons. The Morgan fingerprint density at radius 1 is 1.29 bits per heavy atom. The number of thioether (sulfide) groups is 1. The molecule has 1 fully saturated rings. The zero-order valence-corrected chi connectivity index (χ0v) is 11.7. The average molecular weight is 285 g/mol. The SMILES string of the molecule is Clc1cccc2nc(NC3CCSCC3)sc12. The first-order chi connectivity index (χ1) is 8.33. The van der Waals surface area contributed by atoms with Crippen molar-refractivity contribution in [3.63, 3.8) is 0 Å². The van der Waals surface area contributed by atoms with Crippen molar-refractivity contribution in [2.45, 2.75) is 18.9 Å². The normalized spacial score (nSPS) is 17.5. The molecule has 5 heteroatoms. The summed E-state index contributed by atoms with van der Waals surface area (Å²) in [4.78, 5) is 4.58. The van der Waals surface area contributed by atoms with Gasteiger partial charge in [-0.2, -0.15) is 11.8 Å². The number of aromatic nitrogens is 1. The number of benzene rings is 1. The van der Waals surface area contributed by atoms with E-state index in [1.54, 1.807) is 11.3 Å². The van der Waals surface area contributed by atoms with Crippen LogP contribution in [-0.4, -0.2) is 22.5 Å². The molecular weight excluding hydrogens is 272 g/mol. The molecule has 0 unspecified atom stereocenters. The molecule has 1 saturated heterocycles. The van der Waals surface area contributed by atoms with Crippen LogP contribution in [0.1, 0.15) is 12.8 Å². The number of nitrogens with one attached hydrogen (secondary N) is 1. The Morgan fingerprint density at radius 3 is 2.88 bits per heavy atom. The quantitative estimate of drug-likeness (QED) is 0.892. The molecule has 90 valence electrons. The van der Waals surface area contributed by atoms with Crippen LogP contribution < -0.4 is 5.32 Å². The first-order valence-corrected chi connectivity index (χ1v) is 8.07. The maximum atomic E-state index is 6.15. The number of hydrogen-bond donors (Lipinski definition) is 1. The van der Waals surface area contributed by atoms with E-state index >= 15 is 0 Å². The summed E-state index contributed by atoms with van der Waals surface area (Å²) in [5.41, 5.74) is 0.996. The summed E-state index contributed by atoms with van der Waals surface area (Å²) in [6, 6.07) is 6.46. The molecule has 0 bridgehead atoms. The summed E-state index contributed by atoms with van der Waals surface area (Å²) in [7, 11) is 0. The van der Waals surface area contributed by atoms with E-state index in [4.69, 9.17) is 11.6 Å². The Labute approximate surface area is 114 Å². The van der Waals surface area contributed by atoms with Crippen molar-refractivity contribution in [1.29, 1.82) is 0 Å². The molecule has 0 atom stereocenters. The largest absolute Gasteiger partial charge is 0.359 e. The van der Waals surface area contributed by atoms with Gasteiger partial charge in [0.2, 0.25) is 0 Å². The van der Waals surface area contributed by atoms with Crippen molar-refractivity contribution >= 4 is 50.0 Å². The highest BCUT2D eigenvalue weighted by molar-refractivity contribution is 7.99. The van der Waals surface area contributed by atoms with Crippen LogP contribution in [0.4, 0.5) is 5.13 Å². The summed E-state index contributed by atoms with van der Waals surface area (Å²) < 4.78 is 1.09. The van der Waals surface area contributed by atoms with E-state index in [1.807, 2.05) is 30.0 Å². The zero-order valence-electron chi connectivity index (χ0n) is 9.28. The lowest BCUT2D eigenvalue weighted by Crippen LogP contribution is -2.24.